The fourth-order valence-corrected chi connectivity index (χ4v) is 3.02. The molecule has 0 spiro atoms. The Hall–Kier alpha value is -2.83. The number of ether oxygens (including phenoxy) is 1. The molecule has 28 heavy (non-hydrogen) atoms. The summed E-state index contributed by atoms with van der Waals surface area (Å²) in [6.07, 6.45) is 0.345. The van der Waals surface area contributed by atoms with Gasteiger partial charge in [0, 0.05) is 37.8 Å². The van der Waals surface area contributed by atoms with Crippen LogP contribution in [0.1, 0.15) is 43.2 Å². The zero-order valence-electron chi connectivity index (χ0n) is 16.9. The van der Waals surface area contributed by atoms with Crippen molar-refractivity contribution < 1.29 is 18.8 Å². The van der Waals surface area contributed by atoms with Gasteiger partial charge in [-0.3, -0.25) is 4.79 Å². The van der Waals surface area contributed by atoms with E-state index in [1.54, 1.807) is 15.9 Å². The monoisotopic (exact) mass is 385 g/mol. The van der Waals surface area contributed by atoms with E-state index >= 15 is 0 Å². The molecule has 1 saturated heterocycles. The summed E-state index contributed by atoms with van der Waals surface area (Å²) < 4.78 is 10.8. The summed E-state index contributed by atoms with van der Waals surface area (Å²) in [4.78, 5) is 28.5. The molecule has 1 aliphatic rings. The second kappa shape index (κ2) is 8.04. The maximum Gasteiger partial charge on any atom is 0.410 e. The van der Waals surface area contributed by atoms with Gasteiger partial charge in [-0.15, -0.1) is 0 Å². The van der Waals surface area contributed by atoms with E-state index in [0.717, 1.165) is 11.1 Å². The van der Waals surface area contributed by atoms with Crippen LogP contribution in [0.4, 0.5) is 4.79 Å². The predicted octanol–water partition coefficient (Wildman–Crippen LogP) is 3.73. The molecular weight excluding hydrogens is 358 g/mol. The summed E-state index contributed by atoms with van der Waals surface area (Å²) in [5.41, 5.74) is 1.77. The van der Waals surface area contributed by atoms with Gasteiger partial charge in [-0.1, -0.05) is 35.0 Å². The average molecular weight is 385 g/mol. The Morgan fingerprint density at radius 1 is 1.04 bits per heavy atom. The summed E-state index contributed by atoms with van der Waals surface area (Å²) in [7, 11) is 0. The van der Waals surface area contributed by atoms with Crippen LogP contribution in [0.3, 0.4) is 0 Å². The van der Waals surface area contributed by atoms with Crippen LogP contribution < -0.4 is 0 Å². The molecule has 0 N–H and O–H groups in total. The van der Waals surface area contributed by atoms with Crippen molar-refractivity contribution in [2.45, 2.75) is 39.7 Å². The van der Waals surface area contributed by atoms with Crippen LogP contribution >= 0.6 is 0 Å². The number of nitrogens with zero attached hydrogens (tertiary/aromatic N) is 3. The SMILES string of the molecule is Cc1ccc(-c2cc(C(=O)N3CCCN(C(=O)OC(C)(C)C)CC3)no2)cc1. The van der Waals surface area contributed by atoms with Gasteiger partial charge in [0.2, 0.25) is 0 Å². The third-order valence-corrected chi connectivity index (χ3v) is 4.50. The Kier molecular flexibility index (Phi) is 5.72. The summed E-state index contributed by atoms with van der Waals surface area (Å²) in [5.74, 6) is 0.377. The number of rotatable bonds is 2. The van der Waals surface area contributed by atoms with E-state index in [2.05, 4.69) is 5.16 Å². The average Bonchev–Trinajstić information content (AvgIpc) is 2.98. The lowest BCUT2D eigenvalue weighted by Gasteiger charge is -2.26. The highest BCUT2D eigenvalue weighted by atomic mass is 16.6. The van der Waals surface area contributed by atoms with E-state index in [1.807, 2.05) is 52.0 Å². The third-order valence-electron chi connectivity index (χ3n) is 4.50. The molecule has 7 nitrogen and oxygen atoms in total. The standard InChI is InChI=1S/C21H27N3O4/c1-15-6-8-16(9-7-15)18-14-17(22-28-18)19(25)23-10-5-11-24(13-12-23)20(26)27-21(2,3)4/h6-9,14H,5,10-13H2,1-4H3. The van der Waals surface area contributed by atoms with Crippen LogP contribution in [-0.4, -0.2) is 58.7 Å². The number of aromatic nitrogens is 1. The fourth-order valence-electron chi connectivity index (χ4n) is 3.02. The maximum atomic E-state index is 12.8. The number of aryl methyl sites for hydroxylation is 1. The Morgan fingerprint density at radius 3 is 2.36 bits per heavy atom. The lowest BCUT2D eigenvalue weighted by Crippen LogP contribution is -2.40. The number of amides is 2. The van der Waals surface area contributed by atoms with Crippen LogP contribution in [0.25, 0.3) is 11.3 Å². The van der Waals surface area contributed by atoms with Gasteiger partial charge in [0.25, 0.3) is 5.91 Å². The van der Waals surface area contributed by atoms with Crippen molar-refractivity contribution in [3.8, 4) is 11.3 Å². The second-order valence-corrected chi connectivity index (χ2v) is 8.06. The van der Waals surface area contributed by atoms with Crippen molar-refractivity contribution in [3.63, 3.8) is 0 Å². The third kappa shape index (κ3) is 4.91. The van der Waals surface area contributed by atoms with Gasteiger partial charge in [0.1, 0.15) is 5.60 Å². The molecule has 1 aromatic heterocycles. The Morgan fingerprint density at radius 2 is 1.68 bits per heavy atom. The quantitative estimate of drug-likeness (QED) is 0.787. The van der Waals surface area contributed by atoms with E-state index in [4.69, 9.17) is 9.26 Å². The highest BCUT2D eigenvalue weighted by Crippen LogP contribution is 2.22. The Bertz CT molecular complexity index is 836. The number of benzene rings is 1. The highest BCUT2D eigenvalue weighted by molar-refractivity contribution is 5.93. The molecule has 0 saturated carbocycles. The molecule has 0 radical (unpaired) electrons. The zero-order valence-corrected chi connectivity index (χ0v) is 16.9. The first-order valence-corrected chi connectivity index (χ1v) is 9.54. The Labute approximate surface area is 165 Å². The topological polar surface area (TPSA) is 75.9 Å². The number of carbonyl (C=O) groups is 2. The van der Waals surface area contributed by atoms with Gasteiger partial charge in [0.05, 0.1) is 0 Å². The minimum absolute atomic E-state index is 0.187. The summed E-state index contributed by atoms with van der Waals surface area (Å²) in [6, 6.07) is 9.52. The number of hydrogen-bond acceptors (Lipinski definition) is 5. The van der Waals surface area contributed by atoms with Gasteiger partial charge < -0.3 is 19.1 Å². The molecule has 1 fully saturated rings. The highest BCUT2D eigenvalue weighted by Gasteiger charge is 2.27. The van der Waals surface area contributed by atoms with Crippen LogP contribution in [0.15, 0.2) is 34.9 Å². The van der Waals surface area contributed by atoms with Gasteiger partial charge in [-0.2, -0.15) is 0 Å². The summed E-state index contributed by atoms with van der Waals surface area (Å²) in [6.45, 7) is 9.53. The van der Waals surface area contributed by atoms with E-state index in [-0.39, 0.29) is 17.7 Å². The van der Waals surface area contributed by atoms with Gasteiger partial charge in [0.15, 0.2) is 11.5 Å². The molecule has 0 aliphatic carbocycles. The smallest absolute Gasteiger partial charge is 0.410 e. The predicted molar refractivity (Wildman–Crippen MR) is 105 cm³/mol. The summed E-state index contributed by atoms with van der Waals surface area (Å²) in [5, 5.41) is 3.95. The molecule has 0 atom stereocenters. The maximum absolute atomic E-state index is 12.8. The number of carbonyl (C=O) groups excluding carboxylic acids is 2. The van der Waals surface area contributed by atoms with Gasteiger partial charge in [-0.25, -0.2) is 4.79 Å². The molecule has 7 heteroatoms. The van der Waals surface area contributed by atoms with E-state index in [0.29, 0.717) is 38.4 Å². The van der Waals surface area contributed by atoms with Crippen LogP contribution in [-0.2, 0) is 4.74 Å². The first-order valence-electron chi connectivity index (χ1n) is 9.54. The van der Waals surface area contributed by atoms with Gasteiger partial charge >= 0.3 is 6.09 Å². The second-order valence-electron chi connectivity index (χ2n) is 8.06. The minimum atomic E-state index is -0.536. The molecule has 150 valence electrons. The Balaban J connectivity index is 1.64. The molecular formula is C21H27N3O4. The molecule has 3 rings (SSSR count). The van der Waals surface area contributed by atoms with Crippen molar-refractivity contribution in [1.29, 1.82) is 0 Å². The number of hydrogen-bond donors (Lipinski definition) is 0. The van der Waals surface area contributed by atoms with Crippen LogP contribution in [0, 0.1) is 6.92 Å². The van der Waals surface area contributed by atoms with E-state index in [9.17, 15) is 9.59 Å². The van der Waals surface area contributed by atoms with Crippen LogP contribution in [0.2, 0.25) is 0 Å². The zero-order chi connectivity index (χ0) is 20.3. The van der Waals surface area contributed by atoms with E-state index in [1.165, 1.54) is 0 Å². The molecule has 2 heterocycles. The first kappa shape index (κ1) is 19.9. The molecule has 2 aromatic rings. The molecule has 0 unspecified atom stereocenters. The lowest BCUT2D eigenvalue weighted by atomic mass is 10.1. The van der Waals surface area contributed by atoms with E-state index < -0.39 is 5.60 Å². The van der Waals surface area contributed by atoms with Crippen molar-refractivity contribution in [3.05, 3.63) is 41.6 Å². The molecule has 1 aliphatic heterocycles. The van der Waals surface area contributed by atoms with Crippen molar-refractivity contribution in [2.75, 3.05) is 26.2 Å². The fraction of sp³-hybridized carbons (Fsp3) is 0.476. The first-order chi connectivity index (χ1) is 13.2. The molecule has 1 aromatic carbocycles. The molecule has 0 bridgehead atoms. The van der Waals surface area contributed by atoms with Crippen LogP contribution in [0.5, 0.6) is 0 Å². The normalized spacial score (nSPS) is 15.3. The van der Waals surface area contributed by atoms with Crippen molar-refractivity contribution >= 4 is 12.0 Å². The minimum Gasteiger partial charge on any atom is -0.444 e. The van der Waals surface area contributed by atoms with Gasteiger partial charge in [-0.05, 0) is 34.1 Å². The summed E-state index contributed by atoms with van der Waals surface area (Å²) >= 11 is 0. The molecule has 2 amide bonds. The lowest BCUT2D eigenvalue weighted by molar-refractivity contribution is 0.0255. The van der Waals surface area contributed by atoms with Crippen molar-refractivity contribution in [2.24, 2.45) is 0 Å². The largest absolute Gasteiger partial charge is 0.444 e. The van der Waals surface area contributed by atoms with Crippen molar-refractivity contribution in [1.82, 2.24) is 15.0 Å².